The van der Waals surface area contributed by atoms with E-state index in [1.807, 2.05) is 4.68 Å². The Morgan fingerprint density at radius 2 is 2.11 bits per heavy atom. The average molecular weight is 265 g/mol. The first-order valence-electron chi connectivity index (χ1n) is 7.68. The quantitative estimate of drug-likeness (QED) is 0.469. The van der Waals surface area contributed by atoms with Crippen molar-refractivity contribution < 1.29 is 0 Å². The lowest BCUT2D eigenvalue weighted by Gasteiger charge is -2.25. The summed E-state index contributed by atoms with van der Waals surface area (Å²) in [6.45, 7) is 3.10. The van der Waals surface area contributed by atoms with Crippen LogP contribution in [0.5, 0.6) is 0 Å². The zero-order valence-corrected chi connectivity index (χ0v) is 12.0. The normalized spacial score (nSPS) is 19.3. The zero-order chi connectivity index (χ0) is 13.5. The molecule has 1 saturated carbocycles. The van der Waals surface area contributed by atoms with Crippen molar-refractivity contribution in [3.63, 3.8) is 0 Å². The molecule has 0 saturated heterocycles. The van der Waals surface area contributed by atoms with Gasteiger partial charge in [-0.2, -0.15) is 5.10 Å². The Morgan fingerprint density at radius 3 is 2.74 bits per heavy atom. The van der Waals surface area contributed by atoms with E-state index in [2.05, 4.69) is 22.4 Å². The molecule has 19 heavy (non-hydrogen) atoms. The maximum absolute atomic E-state index is 5.79. The van der Waals surface area contributed by atoms with Crippen LogP contribution in [0.1, 0.15) is 57.7 Å². The summed E-state index contributed by atoms with van der Waals surface area (Å²) in [6.07, 6.45) is 11.6. The Bertz CT molecular complexity index is 354. The van der Waals surface area contributed by atoms with Crippen LogP contribution in [0, 0.1) is 5.92 Å². The van der Waals surface area contributed by atoms with E-state index in [1.165, 1.54) is 38.5 Å². The molecule has 1 aromatic heterocycles. The summed E-state index contributed by atoms with van der Waals surface area (Å²) in [7, 11) is 0. The van der Waals surface area contributed by atoms with Gasteiger partial charge in [0.15, 0.2) is 0 Å². The zero-order valence-electron chi connectivity index (χ0n) is 12.0. The first-order chi connectivity index (χ1) is 9.35. The van der Waals surface area contributed by atoms with Crippen LogP contribution >= 0.6 is 0 Å². The van der Waals surface area contributed by atoms with Crippen LogP contribution in [0.2, 0.25) is 0 Å². The van der Waals surface area contributed by atoms with Gasteiger partial charge in [-0.25, -0.2) is 4.98 Å². The van der Waals surface area contributed by atoms with Crippen LogP contribution in [-0.4, -0.2) is 20.8 Å². The molecule has 0 spiro atoms. The minimum Gasteiger partial charge on any atom is -0.271 e. The molecule has 0 amide bonds. The summed E-state index contributed by atoms with van der Waals surface area (Å²) < 4.78 is 2.01. The van der Waals surface area contributed by atoms with Crippen molar-refractivity contribution in [2.75, 3.05) is 0 Å². The molecule has 1 aromatic rings. The summed E-state index contributed by atoms with van der Waals surface area (Å²) in [5.74, 6) is 7.53. The van der Waals surface area contributed by atoms with Gasteiger partial charge in [-0.05, 0) is 25.2 Å². The number of nitrogens with two attached hydrogens (primary N) is 1. The fourth-order valence-electron chi connectivity index (χ4n) is 3.12. The molecule has 108 valence electrons. The van der Waals surface area contributed by atoms with Gasteiger partial charge >= 0.3 is 0 Å². The van der Waals surface area contributed by atoms with E-state index in [-0.39, 0.29) is 0 Å². The number of nitrogens with one attached hydrogen (secondary N) is 1. The van der Waals surface area contributed by atoms with Crippen LogP contribution in [0.25, 0.3) is 0 Å². The van der Waals surface area contributed by atoms with Crippen molar-refractivity contribution >= 4 is 0 Å². The molecule has 1 aliphatic rings. The molecule has 0 bridgehead atoms. The highest BCUT2D eigenvalue weighted by Gasteiger charge is 2.23. The third kappa shape index (κ3) is 4.01. The Morgan fingerprint density at radius 1 is 1.37 bits per heavy atom. The fraction of sp³-hybridized carbons (Fsp3) is 0.857. The van der Waals surface area contributed by atoms with Crippen molar-refractivity contribution in [1.82, 2.24) is 20.2 Å². The molecule has 0 aliphatic heterocycles. The maximum Gasteiger partial charge on any atom is 0.138 e. The molecule has 1 unspecified atom stereocenters. The van der Waals surface area contributed by atoms with Crippen molar-refractivity contribution in [1.29, 1.82) is 0 Å². The van der Waals surface area contributed by atoms with Gasteiger partial charge in [0.2, 0.25) is 0 Å². The molecule has 1 atom stereocenters. The van der Waals surface area contributed by atoms with Crippen LogP contribution in [-0.2, 0) is 13.0 Å². The second-order valence-electron chi connectivity index (χ2n) is 5.63. The Hall–Kier alpha value is -0.940. The summed E-state index contributed by atoms with van der Waals surface area (Å²) in [6, 6.07) is 0.331. The number of aryl methyl sites for hydroxylation is 1. The van der Waals surface area contributed by atoms with Gasteiger partial charge < -0.3 is 0 Å². The van der Waals surface area contributed by atoms with E-state index in [1.54, 1.807) is 6.33 Å². The minimum atomic E-state index is 0.331. The summed E-state index contributed by atoms with van der Waals surface area (Å²) in [5, 5.41) is 4.29. The number of rotatable bonds is 6. The second kappa shape index (κ2) is 7.60. The van der Waals surface area contributed by atoms with Crippen molar-refractivity contribution in [3.8, 4) is 0 Å². The molecule has 5 nitrogen and oxygen atoms in total. The second-order valence-corrected chi connectivity index (χ2v) is 5.63. The van der Waals surface area contributed by atoms with Gasteiger partial charge in [0.25, 0.3) is 0 Å². The Kier molecular flexibility index (Phi) is 5.79. The molecule has 3 N–H and O–H groups in total. The van der Waals surface area contributed by atoms with E-state index >= 15 is 0 Å². The van der Waals surface area contributed by atoms with E-state index in [9.17, 15) is 0 Å². The van der Waals surface area contributed by atoms with Crippen molar-refractivity contribution in [3.05, 3.63) is 12.2 Å². The van der Waals surface area contributed by atoms with Crippen molar-refractivity contribution in [2.24, 2.45) is 11.8 Å². The van der Waals surface area contributed by atoms with Crippen LogP contribution < -0.4 is 11.3 Å². The highest BCUT2D eigenvalue weighted by Crippen LogP contribution is 2.26. The molecular formula is C14H27N5. The fourth-order valence-corrected chi connectivity index (χ4v) is 3.12. The third-order valence-corrected chi connectivity index (χ3v) is 4.22. The lowest BCUT2D eigenvalue weighted by molar-refractivity contribution is 0.313. The molecular weight excluding hydrogens is 238 g/mol. The third-order valence-electron chi connectivity index (χ3n) is 4.22. The van der Waals surface area contributed by atoms with E-state index in [0.717, 1.165) is 25.2 Å². The lowest BCUT2D eigenvalue weighted by Crippen LogP contribution is -2.43. The molecule has 1 aliphatic carbocycles. The summed E-state index contributed by atoms with van der Waals surface area (Å²) >= 11 is 0. The molecule has 1 fully saturated rings. The Balaban J connectivity index is 1.98. The number of hydrogen-bond acceptors (Lipinski definition) is 4. The number of aromatic nitrogens is 3. The number of nitrogens with zero attached hydrogens (tertiary/aromatic N) is 3. The Labute approximate surface area is 115 Å². The maximum atomic E-state index is 5.79. The first kappa shape index (κ1) is 14.5. The van der Waals surface area contributed by atoms with Gasteiger partial charge in [-0.3, -0.25) is 16.0 Å². The van der Waals surface area contributed by atoms with Gasteiger partial charge in [-0.1, -0.05) is 32.6 Å². The van der Waals surface area contributed by atoms with E-state index in [4.69, 9.17) is 5.84 Å². The van der Waals surface area contributed by atoms with Crippen molar-refractivity contribution in [2.45, 2.75) is 70.9 Å². The predicted octanol–water partition coefficient (Wildman–Crippen LogP) is 2.03. The SMILES string of the molecule is CCCn1ncnc1CC(NN)C1CCCCCC1. The molecule has 2 rings (SSSR count). The van der Waals surface area contributed by atoms with Gasteiger partial charge in [0.05, 0.1) is 0 Å². The monoisotopic (exact) mass is 265 g/mol. The van der Waals surface area contributed by atoms with E-state index < -0.39 is 0 Å². The molecule has 5 heteroatoms. The van der Waals surface area contributed by atoms with Crippen LogP contribution in [0.3, 0.4) is 0 Å². The average Bonchev–Trinajstić information content (AvgIpc) is 2.69. The van der Waals surface area contributed by atoms with Crippen LogP contribution in [0.4, 0.5) is 0 Å². The highest BCUT2D eigenvalue weighted by molar-refractivity contribution is 4.92. The predicted molar refractivity (Wildman–Crippen MR) is 76.3 cm³/mol. The van der Waals surface area contributed by atoms with E-state index in [0.29, 0.717) is 12.0 Å². The van der Waals surface area contributed by atoms with Gasteiger partial charge in [-0.15, -0.1) is 0 Å². The minimum absolute atomic E-state index is 0.331. The number of hydrazine groups is 1. The topological polar surface area (TPSA) is 68.8 Å². The first-order valence-corrected chi connectivity index (χ1v) is 7.68. The molecule has 0 radical (unpaired) electrons. The smallest absolute Gasteiger partial charge is 0.138 e. The lowest BCUT2D eigenvalue weighted by atomic mass is 9.90. The molecule has 1 heterocycles. The molecule has 0 aromatic carbocycles. The summed E-state index contributed by atoms with van der Waals surface area (Å²) in [5.41, 5.74) is 3.03. The number of hydrogen-bond donors (Lipinski definition) is 2. The largest absolute Gasteiger partial charge is 0.271 e. The van der Waals surface area contributed by atoms with Gasteiger partial charge in [0, 0.05) is 19.0 Å². The highest BCUT2D eigenvalue weighted by atomic mass is 15.3. The van der Waals surface area contributed by atoms with Gasteiger partial charge in [0.1, 0.15) is 12.2 Å². The van der Waals surface area contributed by atoms with Crippen LogP contribution in [0.15, 0.2) is 6.33 Å². The summed E-state index contributed by atoms with van der Waals surface area (Å²) in [4.78, 5) is 4.40. The standard InChI is InChI=1S/C14H27N5/c1-2-9-19-14(16-11-17-19)10-13(18-15)12-7-5-3-4-6-8-12/h11-13,18H,2-10,15H2,1H3.